The summed E-state index contributed by atoms with van der Waals surface area (Å²) in [5.41, 5.74) is 7.52. The molecule has 1 aromatic carbocycles. The van der Waals surface area contributed by atoms with Crippen LogP contribution in [0.15, 0.2) is 18.2 Å². The second kappa shape index (κ2) is 4.98. The number of anilines is 2. The minimum Gasteiger partial charge on any atom is -0.399 e. The van der Waals surface area contributed by atoms with E-state index in [0.29, 0.717) is 12.5 Å². The van der Waals surface area contributed by atoms with Crippen LogP contribution in [0.4, 0.5) is 10.8 Å². The second-order valence-electron chi connectivity index (χ2n) is 4.92. The van der Waals surface area contributed by atoms with Crippen molar-refractivity contribution in [2.24, 2.45) is 0 Å². The number of halogens is 1. The van der Waals surface area contributed by atoms with Crippen LogP contribution in [0.5, 0.6) is 0 Å². The first-order valence-corrected chi connectivity index (χ1v) is 7.37. The van der Waals surface area contributed by atoms with Gasteiger partial charge >= 0.3 is 0 Å². The van der Waals surface area contributed by atoms with Crippen molar-refractivity contribution in [2.75, 3.05) is 17.7 Å². The summed E-state index contributed by atoms with van der Waals surface area (Å²) >= 11 is 7.62. The van der Waals surface area contributed by atoms with Crippen LogP contribution < -0.4 is 10.6 Å². The van der Waals surface area contributed by atoms with Gasteiger partial charge in [0.1, 0.15) is 5.82 Å². The number of rotatable bonds is 4. The van der Waals surface area contributed by atoms with E-state index in [9.17, 15) is 0 Å². The highest BCUT2D eigenvalue weighted by Gasteiger charge is 2.28. The van der Waals surface area contributed by atoms with Crippen LogP contribution in [0.1, 0.15) is 30.1 Å². The molecule has 0 atom stereocenters. The molecule has 4 nitrogen and oxygen atoms in total. The van der Waals surface area contributed by atoms with E-state index >= 15 is 0 Å². The summed E-state index contributed by atoms with van der Waals surface area (Å²) in [6.07, 6.45) is 2.45. The highest BCUT2D eigenvalue weighted by Crippen LogP contribution is 2.39. The van der Waals surface area contributed by atoms with Crippen molar-refractivity contribution in [2.45, 2.75) is 25.3 Å². The fraction of sp³-hybridized carbons (Fsp3) is 0.385. The Labute approximate surface area is 121 Å². The number of nitrogen functional groups attached to an aromatic ring is 1. The third kappa shape index (κ3) is 2.82. The van der Waals surface area contributed by atoms with Crippen molar-refractivity contribution < 1.29 is 0 Å². The van der Waals surface area contributed by atoms with Gasteiger partial charge in [-0.2, -0.15) is 4.37 Å². The third-order valence-corrected chi connectivity index (χ3v) is 4.39. The summed E-state index contributed by atoms with van der Waals surface area (Å²) < 4.78 is 4.41. The Kier molecular flexibility index (Phi) is 3.33. The van der Waals surface area contributed by atoms with Crippen LogP contribution in [0.2, 0.25) is 5.02 Å². The quantitative estimate of drug-likeness (QED) is 0.879. The Balaban J connectivity index is 1.75. The molecule has 2 aromatic rings. The van der Waals surface area contributed by atoms with Gasteiger partial charge in [-0.1, -0.05) is 11.6 Å². The first-order chi connectivity index (χ1) is 9.13. The van der Waals surface area contributed by atoms with Gasteiger partial charge in [0.25, 0.3) is 0 Å². The molecule has 1 saturated carbocycles. The minimum atomic E-state index is 0.592. The van der Waals surface area contributed by atoms with Crippen LogP contribution in [0, 0.1) is 0 Å². The predicted octanol–water partition coefficient (Wildman–Crippen LogP) is 3.29. The van der Waals surface area contributed by atoms with Crippen LogP contribution in [0.25, 0.3) is 0 Å². The van der Waals surface area contributed by atoms with Crippen molar-refractivity contribution in [3.05, 3.63) is 34.6 Å². The zero-order chi connectivity index (χ0) is 13.4. The van der Waals surface area contributed by atoms with E-state index in [1.165, 1.54) is 24.4 Å². The second-order valence-corrected chi connectivity index (χ2v) is 6.05. The third-order valence-electron chi connectivity index (χ3n) is 3.18. The molecule has 0 amide bonds. The van der Waals surface area contributed by atoms with Gasteiger partial charge in [0.05, 0.1) is 0 Å². The van der Waals surface area contributed by atoms with Crippen LogP contribution in [0.3, 0.4) is 0 Å². The highest BCUT2D eigenvalue weighted by molar-refractivity contribution is 7.09. The van der Waals surface area contributed by atoms with Crippen molar-refractivity contribution in [1.82, 2.24) is 9.36 Å². The average Bonchev–Trinajstić information content (AvgIpc) is 3.11. The zero-order valence-corrected chi connectivity index (χ0v) is 12.2. The Bertz CT molecular complexity index is 594. The first kappa shape index (κ1) is 12.7. The van der Waals surface area contributed by atoms with E-state index in [1.807, 2.05) is 25.2 Å². The molecule has 0 saturated heterocycles. The van der Waals surface area contributed by atoms with Gasteiger partial charge in [0.2, 0.25) is 5.13 Å². The number of nitrogens with two attached hydrogens (primary N) is 1. The normalized spacial score (nSPS) is 14.6. The molecule has 0 aliphatic heterocycles. The smallest absolute Gasteiger partial charge is 0.205 e. The fourth-order valence-electron chi connectivity index (χ4n) is 1.93. The van der Waals surface area contributed by atoms with E-state index in [0.717, 1.165) is 27.2 Å². The Hall–Kier alpha value is -1.33. The molecule has 2 N–H and O–H groups in total. The lowest BCUT2D eigenvalue weighted by atomic mass is 10.2. The lowest BCUT2D eigenvalue weighted by Gasteiger charge is -2.16. The number of hydrogen-bond acceptors (Lipinski definition) is 5. The van der Waals surface area contributed by atoms with Gasteiger partial charge < -0.3 is 10.6 Å². The molecular formula is C13H15ClN4S. The summed E-state index contributed by atoms with van der Waals surface area (Å²) in [5, 5.41) is 1.66. The highest BCUT2D eigenvalue weighted by atomic mass is 35.5. The van der Waals surface area contributed by atoms with Crippen molar-refractivity contribution in [1.29, 1.82) is 0 Å². The Morgan fingerprint density at radius 1 is 1.47 bits per heavy atom. The molecule has 6 heteroatoms. The Morgan fingerprint density at radius 3 is 3.00 bits per heavy atom. The average molecular weight is 295 g/mol. The molecule has 0 spiro atoms. The van der Waals surface area contributed by atoms with Gasteiger partial charge in [0, 0.05) is 41.8 Å². The van der Waals surface area contributed by atoms with Crippen molar-refractivity contribution in [3.63, 3.8) is 0 Å². The molecule has 0 unspecified atom stereocenters. The van der Waals surface area contributed by atoms with Gasteiger partial charge in [-0.3, -0.25) is 0 Å². The molecule has 1 aromatic heterocycles. The molecule has 1 aliphatic rings. The maximum absolute atomic E-state index is 6.18. The summed E-state index contributed by atoms with van der Waals surface area (Å²) in [7, 11) is 2.00. The standard InChI is InChI=1S/C13H15ClN4S/c1-18(7-9-6-10(15)4-5-11(9)14)13-16-12(17-19-13)8-2-3-8/h4-6,8H,2-3,7,15H2,1H3. The maximum atomic E-state index is 6.18. The topological polar surface area (TPSA) is 55.0 Å². The monoisotopic (exact) mass is 294 g/mol. The van der Waals surface area contributed by atoms with E-state index in [4.69, 9.17) is 17.3 Å². The van der Waals surface area contributed by atoms with Gasteiger partial charge in [0.15, 0.2) is 0 Å². The largest absolute Gasteiger partial charge is 0.399 e. The molecule has 3 rings (SSSR count). The molecular weight excluding hydrogens is 280 g/mol. The number of benzene rings is 1. The molecule has 1 aliphatic carbocycles. The molecule has 1 heterocycles. The number of hydrogen-bond donors (Lipinski definition) is 1. The summed E-state index contributed by atoms with van der Waals surface area (Å²) in [5.74, 6) is 1.58. The van der Waals surface area contributed by atoms with Crippen molar-refractivity contribution in [3.8, 4) is 0 Å². The predicted molar refractivity (Wildman–Crippen MR) is 79.9 cm³/mol. The van der Waals surface area contributed by atoms with E-state index < -0.39 is 0 Å². The van der Waals surface area contributed by atoms with Gasteiger partial charge in [-0.25, -0.2) is 4.98 Å². The van der Waals surface area contributed by atoms with Crippen LogP contribution in [-0.4, -0.2) is 16.4 Å². The molecule has 19 heavy (non-hydrogen) atoms. The lowest BCUT2D eigenvalue weighted by Crippen LogP contribution is -2.16. The lowest BCUT2D eigenvalue weighted by molar-refractivity contribution is 0.896. The minimum absolute atomic E-state index is 0.592. The van der Waals surface area contributed by atoms with Crippen molar-refractivity contribution >= 4 is 34.0 Å². The summed E-state index contributed by atoms with van der Waals surface area (Å²) in [4.78, 5) is 6.64. The van der Waals surface area contributed by atoms with Crippen LogP contribution in [-0.2, 0) is 6.54 Å². The summed E-state index contributed by atoms with van der Waals surface area (Å²) in [6.45, 7) is 0.684. The molecule has 0 radical (unpaired) electrons. The SMILES string of the molecule is CN(Cc1cc(N)ccc1Cl)c1nc(C2CC2)ns1. The first-order valence-electron chi connectivity index (χ1n) is 6.22. The summed E-state index contributed by atoms with van der Waals surface area (Å²) in [6, 6.07) is 5.54. The molecule has 0 bridgehead atoms. The number of aromatic nitrogens is 2. The maximum Gasteiger partial charge on any atom is 0.205 e. The Morgan fingerprint density at radius 2 is 2.26 bits per heavy atom. The van der Waals surface area contributed by atoms with Gasteiger partial charge in [-0.15, -0.1) is 0 Å². The fourth-order valence-corrected chi connectivity index (χ4v) is 2.81. The van der Waals surface area contributed by atoms with E-state index in [-0.39, 0.29) is 0 Å². The van der Waals surface area contributed by atoms with E-state index in [1.54, 1.807) is 0 Å². The van der Waals surface area contributed by atoms with Gasteiger partial charge in [-0.05, 0) is 36.6 Å². The van der Waals surface area contributed by atoms with E-state index in [2.05, 4.69) is 14.3 Å². The zero-order valence-electron chi connectivity index (χ0n) is 10.6. The number of nitrogens with zero attached hydrogens (tertiary/aromatic N) is 3. The molecule has 1 fully saturated rings. The molecule has 100 valence electrons. The van der Waals surface area contributed by atoms with Crippen LogP contribution >= 0.6 is 23.1 Å².